The molecule has 2 aromatic heterocycles. The molecule has 0 bridgehead atoms. The van der Waals surface area contributed by atoms with Gasteiger partial charge in [0.15, 0.2) is 11.0 Å². The lowest BCUT2D eigenvalue weighted by Gasteiger charge is -2.19. The lowest BCUT2D eigenvalue weighted by Crippen LogP contribution is -2.28. The smallest absolute Gasteiger partial charge is 0.253 e. The molecule has 172 valence electrons. The molecule has 0 radical (unpaired) electrons. The van der Waals surface area contributed by atoms with E-state index in [9.17, 15) is 9.18 Å². The molecule has 7 nitrogen and oxygen atoms in total. The first-order chi connectivity index (χ1) is 16.5. The van der Waals surface area contributed by atoms with Crippen molar-refractivity contribution in [3.8, 4) is 11.4 Å². The Kier molecular flexibility index (Phi) is 6.21. The maximum Gasteiger partial charge on any atom is 0.253 e. The second-order valence-electron chi connectivity index (χ2n) is 7.69. The van der Waals surface area contributed by atoms with Crippen molar-refractivity contribution in [2.24, 2.45) is 12.1 Å². The van der Waals surface area contributed by atoms with Gasteiger partial charge in [-0.05, 0) is 54.1 Å². The van der Waals surface area contributed by atoms with Crippen LogP contribution in [-0.4, -0.2) is 37.1 Å². The Morgan fingerprint density at radius 2 is 1.85 bits per heavy atom. The average Bonchev–Trinajstić information content (AvgIpc) is 3.59. The van der Waals surface area contributed by atoms with E-state index in [1.807, 2.05) is 25.2 Å². The van der Waals surface area contributed by atoms with Gasteiger partial charge in [-0.25, -0.2) is 9.40 Å². The molecule has 0 spiro atoms. The van der Waals surface area contributed by atoms with E-state index < -0.39 is 0 Å². The highest BCUT2D eigenvalue weighted by atomic mass is 35.5. The summed E-state index contributed by atoms with van der Waals surface area (Å²) in [5.74, 6) is 0.878. The summed E-state index contributed by atoms with van der Waals surface area (Å²) in [6.07, 6.45) is 2.12. The van der Waals surface area contributed by atoms with Gasteiger partial charge in [-0.15, -0.1) is 10.2 Å². The average molecular weight is 496 g/mol. The Morgan fingerprint density at radius 3 is 2.56 bits per heavy atom. The lowest BCUT2D eigenvalue weighted by molar-refractivity contribution is -0.130. The van der Waals surface area contributed by atoms with Crippen molar-refractivity contribution in [1.29, 1.82) is 0 Å². The van der Waals surface area contributed by atoms with Gasteiger partial charge in [-0.1, -0.05) is 35.5 Å². The molecule has 0 fully saturated rings. The number of rotatable bonds is 6. The number of hydrazone groups is 1. The summed E-state index contributed by atoms with van der Waals surface area (Å²) >= 11 is 7.28. The second-order valence-corrected chi connectivity index (χ2v) is 9.07. The molecular weight excluding hydrogens is 477 g/mol. The number of thioether (sulfide) groups is 1. The van der Waals surface area contributed by atoms with Crippen molar-refractivity contribution in [2.75, 3.05) is 5.75 Å². The van der Waals surface area contributed by atoms with E-state index in [1.165, 1.54) is 28.9 Å². The van der Waals surface area contributed by atoms with Crippen LogP contribution in [0.25, 0.3) is 11.4 Å². The van der Waals surface area contributed by atoms with Crippen molar-refractivity contribution in [3.63, 3.8) is 0 Å². The Balaban J connectivity index is 1.34. The van der Waals surface area contributed by atoms with Crippen LogP contribution < -0.4 is 0 Å². The van der Waals surface area contributed by atoms with Crippen molar-refractivity contribution >= 4 is 35.0 Å². The third-order valence-electron chi connectivity index (χ3n) is 5.48. The molecule has 3 heterocycles. The topological polar surface area (TPSA) is 76.5 Å². The molecule has 5 rings (SSSR count). The summed E-state index contributed by atoms with van der Waals surface area (Å²) in [5, 5.41) is 15.7. The van der Waals surface area contributed by atoms with Crippen LogP contribution in [0.3, 0.4) is 0 Å². The van der Waals surface area contributed by atoms with Crippen molar-refractivity contribution in [2.45, 2.75) is 17.6 Å². The Hall–Kier alpha value is -3.43. The molecule has 34 heavy (non-hydrogen) atoms. The van der Waals surface area contributed by atoms with E-state index in [0.717, 1.165) is 16.8 Å². The fraction of sp³-hybridized carbons (Fsp3) is 0.167. The number of aromatic nitrogens is 3. The highest BCUT2D eigenvalue weighted by Crippen LogP contribution is 2.34. The van der Waals surface area contributed by atoms with Crippen LogP contribution in [0.1, 0.15) is 23.8 Å². The molecule has 0 N–H and O–H groups in total. The fourth-order valence-electron chi connectivity index (χ4n) is 3.74. The minimum absolute atomic E-state index is 0.115. The highest BCUT2D eigenvalue weighted by molar-refractivity contribution is 7.99. The van der Waals surface area contributed by atoms with Crippen molar-refractivity contribution in [3.05, 3.63) is 89.1 Å². The summed E-state index contributed by atoms with van der Waals surface area (Å²) in [4.78, 5) is 13.2. The van der Waals surface area contributed by atoms with E-state index in [2.05, 4.69) is 15.3 Å². The Labute approximate surface area is 204 Å². The van der Waals surface area contributed by atoms with Gasteiger partial charge in [0, 0.05) is 24.1 Å². The molecule has 1 aliphatic rings. The summed E-state index contributed by atoms with van der Waals surface area (Å²) in [5.41, 5.74) is 2.43. The highest BCUT2D eigenvalue weighted by Gasteiger charge is 2.35. The van der Waals surface area contributed by atoms with E-state index in [4.69, 9.17) is 16.0 Å². The molecule has 4 aromatic rings. The SMILES string of the molecule is Cn1c(SCC(=O)N2N=C(c3ccc(Cl)cc3)C[C@@H]2c2ccco2)nnc1-c1ccc(F)cc1. The number of carbonyl (C=O) groups excluding carboxylic acids is 1. The molecule has 1 aliphatic heterocycles. The predicted octanol–water partition coefficient (Wildman–Crippen LogP) is 5.34. The molecule has 1 atom stereocenters. The molecule has 0 saturated carbocycles. The van der Waals surface area contributed by atoms with Gasteiger partial charge in [0.2, 0.25) is 0 Å². The molecule has 10 heteroatoms. The Bertz CT molecular complexity index is 1340. The monoisotopic (exact) mass is 495 g/mol. The molecule has 0 saturated heterocycles. The van der Waals surface area contributed by atoms with E-state index >= 15 is 0 Å². The molecule has 0 aliphatic carbocycles. The number of halogens is 2. The van der Waals surface area contributed by atoms with Gasteiger partial charge in [0.1, 0.15) is 17.6 Å². The summed E-state index contributed by atoms with van der Waals surface area (Å²) in [6, 6.07) is 16.7. The van der Waals surface area contributed by atoms with Crippen molar-refractivity contribution in [1.82, 2.24) is 19.8 Å². The fourth-order valence-corrected chi connectivity index (χ4v) is 4.63. The van der Waals surface area contributed by atoms with Crippen LogP contribution >= 0.6 is 23.4 Å². The standard InChI is InChI=1S/C24H19ClFN5O2S/c1-30-23(16-6-10-18(26)11-7-16)27-28-24(30)34-14-22(32)31-20(21-3-2-12-33-21)13-19(29-31)15-4-8-17(25)9-5-15/h2-12,20H,13-14H2,1H3/t20-/m1/s1. The van der Waals surface area contributed by atoms with Gasteiger partial charge in [0.25, 0.3) is 5.91 Å². The number of nitrogens with zero attached hydrogens (tertiary/aromatic N) is 5. The van der Waals surface area contributed by atoms with Crippen molar-refractivity contribution < 1.29 is 13.6 Å². The zero-order valence-electron chi connectivity index (χ0n) is 18.1. The van der Waals surface area contributed by atoms with Gasteiger partial charge >= 0.3 is 0 Å². The molecule has 1 amide bonds. The van der Waals surface area contributed by atoms with Gasteiger partial charge < -0.3 is 8.98 Å². The summed E-state index contributed by atoms with van der Waals surface area (Å²) < 4.78 is 20.6. The van der Waals surface area contributed by atoms with Crippen LogP contribution in [0, 0.1) is 5.82 Å². The zero-order valence-corrected chi connectivity index (χ0v) is 19.6. The minimum Gasteiger partial charge on any atom is -0.467 e. The van der Waals surface area contributed by atoms with Crippen LogP contribution in [0.15, 0.2) is 81.6 Å². The van der Waals surface area contributed by atoms with E-state index in [0.29, 0.717) is 28.2 Å². The quantitative estimate of drug-likeness (QED) is 0.337. The first-order valence-electron chi connectivity index (χ1n) is 10.5. The van der Waals surface area contributed by atoms with Gasteiger partial charge in [0.05, 0.1) is 17.7 Å². The summed E-state index contributed by atoms with van der Waals surface area (Å²) in [6.45, 7) is 0. The number of hydrogen-bond donors (Lipinski definition) is 0. The predicted molar refractivity (Wildman–Crippen MR) is 128 cm³/mol. The normalized spacial score (nSPS) is 15.6. The van der Waals surface area contributed by atoms with Gasteiger partial charge in [-0.3, -0.25) is 4.79 Å². The Morgan fingerprint density at radius 1 is 1.12 bits per heavy atom. The van der Waals surface area contributed by atoms with Crippen LogP contribution in [0.2, 0.25) is 5.02 Å². The maximum atomic E-state index is 13.2. The zero-order chi connectivity index (χ0) is 23.7. The largest absolute Gasteiger partial charge is 0.467 e. The number of carbonyl (C=O) groups is 1. The summed E-state index contributed by atoms with van der Waals surface area (Å²) in [7, 11) is 1.81. The number of benzene rings is 2. The number of amides is 1. The van der Waals surface area contributed by atoms with E-state index in [-0.39, 0.29) is 23.5 Å². The maximum absolute atomic E-state index is 13.2. The number of furan rings is 1. The van der Waals surface area contributed by atoms with E-state index in [1.54, 1.807) is 41.2 Å². The third kappa shape index (κ3) is 4.49. The first kappa shape index (κ1) is 22.4. The molecule has 2 aromatic carbocycles. The first-order valence-corrected chi connectivity index (χ1v) is 11.8. The number of hydrogen-bond acceptors (Lipinski definition) is 6. The van der Waals surface area contributed by atoms with Gasteiger partial charge in [-0.2, -0.15) is 5.10 Å². The lowest BCUT2D eigenvalue weighted by atomic mass is 10.0. The van der Waals surface area contributed by atoms with Crippen LogP contribution in [-0.2, 0) is 11.8 Å². The minimum atomic E-state index is -0.331. The van der Waals surface area contributed by atoms with Crippen LogP contribution in [0.5, 0.6) is 0 Å². The molecule has 0 unspecified atom stereocenters. The van der Waals surface area contributed by atoms with Crippen LogP contribution in [0.4, 0.5) is 4.39 Å². The third-order valence-corrected chi connectivity index (χ3v) is 6.73. The molecular formula is C24H19ClFN5O2S. The second kappa shape index (κ2) is 9.44.